The van der Waals surface area contributed by atoms with Gasteiger partial charge in [0.05, 0.1) is 18.8 Å². The maximum absolute atomic E-state index is 12.3. The number of anilines is 1. The van der Waals surface area contributed by atoms with E-state index in [0.717, 1.165) is 48.4 Å². The molecule has 7 nitrogen and oxygen atoms in total. The van der Waals surface area contributed by atoms with Gasteiger partial charge in [0.1, 0.15) is 12.3 Å². The summed E-state index contributed by atoms with van der Waals surface area (Å²) in [5.74, 6) is 1.58. The molecule has 2 aromatic rings. The fourth-order valence-corrected chi connectivity index (χ4v) is 3.86. The highest BCUT2D eigenvalue weighted by Gasteiger charge is 2.30. The lowest BCUT2D eigenvalue weighted by Crippen LogP contribution is -2.32. The van der Waals surface area contributed by atoms with Crippen molar-refractivity contribution in [3.63, 3.8) is 0 Å². The van der Waals surface area contributed by atoms with E-state index in [2.05, 4.69) is 10.3 Å². The van der Waals surface area contributed by atoms with E-state index in [1.54, 1.807) is 4.90 Å². The van der Waals surface area contributed by atoms with Crippen LogP contribution in [0.4, 0.5) is 11.4 Å². The minimum absolute atomic E-state index is 0.0255. The maximum Gasteiger partial charge on any atom is 0.246 e. The number of hydrogen-bond donors (Lipinski definition) is 1. The predicted octanol–water partition coefficient (Wildman–Crippen LogP) is 3.61. The van der Waals surface area contributed by atoms with E-state index in [-0.39, 0.29) is 11.8 Å². The Balaban J connectivity index is 1.17. The van der Waals surface area contributed by atoms with Crippen LogP contribution in [0.2, 0.25) is 0 Å². The van der Waals surface area contributed by atoms with E-state index >= 15 is 0 Å². The number of nitrogens with zero attached hydrogens (tertiary/aromatic N) is 3. The Morgan fingerprint density at radius 1 is 1.06 bits per heavy atom. The molecule has 0 aromatic heterocycles. The first-order chi connectivity index (χ1) is 15.1. The van der Waals surface area contributed by atoms with Gasteiger partial charge >= 0.3 is 0 Å². The zero-order chi connectivity index (χ0) is 21.6. The first-order valence-corrected chi connectivity index (χ1v) is 10.8. The van der Waals surface area contributed by atoms with Gasteiger partial charge in [0.25, 0.3) is 0 Å². The minimum Gasteiger partial charge on any atom is -0.493 e. The average Bonchev–Trinajstić information content (AvgIpc) is 3.15. The summed E-state index contributed by atoms with van der Waals surface area (Å²) >= 11 is 0. The first kappa shape index (κ1) is 20.9. The molecule has 0 unspecified atom stereocenters. The van der Waals surface area contributed by atoms with Crippen LogP contribution in [0.15, 0.2) is 53.5 Å². The van der Waals surface area contributed by atoms with Gasteiger partial charge in [-0.05, 0) is 37.1 Å². The molecule has 2 aliphatic heterocycles. The lowest BCUT2D eigenvalue weighted by Gasteiger charge is -2.24. The number of nitrogens with one attached hydrogen (secondary N) is 1. The predicted molar refractivity (Wildman–Crippen MR) is 121 cm³/mol. The summed E-state index contributed by atoms with van der Waals surface area (Å²) in [5.41, 5.74) is 2.81. The standard InChI is InChI=1S/C24H28N4O3/c1-27(18-10-5-4-6-11-18)23(30)14-7-2-3-8-15-31-21-13-9-12-20-19(21)16-28-17-22(29)26-24(28)25-20/h4-6,9-13H,2-3,7-8,14-17H2,1H3,(H,25,26,29). The van der Waals surface area contributed by atoms with E-state index in [1.165, 1.54) is 0 Å². The monoisotopic (exact) mass is 420 g/mol. The minimum atomic E-state index is -0.0255. The van der Waals surface area contributed by atoms with Crippen LogP contribution in [0.3, 0.4) is 0 Å². The van der Waals surface area contributed by atoms with Crippen molar-refractivity contribution in [3.05, 3.63) is 54.1 Å². The first-order valence-electron chi connectivity index (χ1n) is 10.8. The molecule has 162 valence electrons. The fraction of sp³-hybridized carbons (Fsp3) is 0.375. The van der Waals surface area contributed by atoms with Gasteiger partial charge < -0.3 is 14.5 Å². The van der Waals surface area contributed by atoms with Crippen LogP contribution in [-0.2, 0) is 16.1 Å². The number of aliphatic imine (C=N–C) groups is 1. The highest BCUT2D eigenvalue weighted by molar-refractivity contribution is 6.05. The van der Waals surface area contributed by atoms with Crippen LogP contribution in [0.1, 0.15) is 37.7 Å². The zero-order valence-electron chi connectivity index (χ0n) is 17.8. The number of benzene rings is 2. The van der Waals surface area contributed by atoms with Gasteiger partial charge in [-0.15, -0.1) is 0 Å². The third-order valence-electron chi connectivity index (χ3n) is 5.63. The number of carbonyl (C=O) groups excluding carboxylic acids is 2. The van der Waals surface area contributed by atoms with Crippen molar-refractivity contribution in [1.29, 1.82) is 0 Å². The van der Waals surface area contributed by atoms with Crippen LogP contribution in [0.25, 0.3) is 0 Å². The van der Waals surface area contributed by atoms with Gasteiger partial charge in [0.15, 0.2) is 0 Å². The third kappa shape index (κ3) is 5.05. The average molecular weight is 421 g/mol. The van der Waals surface area contributed by atoms with Gasteiger partial charge in [-0.1, -0.05) is 37.1 Å². The molecule has 1 fully saturated rings. The normalized spacial score (nSPS) is 14.4. The van der Waals surface area contributed by atoms with Crippen molar-refractivity contribution >= 4 is 29.1 Å². The number of para-hydroxylation sites is 1. The number of rotatable bonds is 9. The van der Waals surface area contributed by atoms with E-state index in [4.69, 9.17) is 4.74 Å². The Hall–Kier alpha value is -3.35. The molecule has 2 aliphatic rings. The summed E-state index contributed by atoms with van der Waals surface area (Å²) < 4.78 is 6.03. The number of unbranched alkanes of at least 4 members (excludes halogenated alkanes) is 3. The Labute approximate surface area is 182 Å². The van der Waals surface area contributed by atoms with Crippen molar-refractivity contribution in [3.8, 4) is 5.75 Å². The summed E-state index contributed by atoms with van der Waals surface area (Å²) in [6.45, 7) is 1.59. The molecule has 2 amide bonds. The number of ether oxygens (including phenoxy) is 1. The highest BCUT2D eigenvalue weighted by atomic mass is 16.5. The number of carbonyl (C=O) groups is 2. The molecule has 0 aliphatic carbocycles. The number of hydrogen-bond acceptors (Lipinski definition) is 5. The highest BCUT2D eigenvalue weighted by Crippen LogP contribution is 2.34. The van der Waals surface area contributed by atoms with Gasteiger partial charge in [0, 0.05) is 24.7 Å². The Morgan fingerprint density at radius 3 is 2.71 bits per heavy atom. The summed E-state index contributed by atoms with van der Waals surface area (Å²) in [5, 5.41) is 2.78. The van der Waals surface area contributed by atoms with E-state index in [0.29, 0.717) is 32.1 Å². The molecule has 1 N–H and O–H groups in total. The van der Waals surface area contributed by atoms with Gasteiger partial charge in [-0.2, -0.15) is 0 Å². The van der Waals surface area contributed by atoms with Crippen molar-refractivity contribution in [2.75, 3.05) is 25.1 Å². The second kappa shape index (κ2) is 9.64. The van der Waals surface area contributed by atoms with Crippen molar-refractivity contribution in [1.82, 2.24) is 10.2 Å². The Kier molecular flexibility index (Phi) is 6.50. The summed E-state index contributed by atoms with van der Waals surface area (Å²) in [6.07, 6.45) is 4.39. The largest absolute Gasteiger partial charge is 0.493 e. The number of amides is 2. The molecule has 0 saturated carbocycles. The number of fused-ring (bicyclic) bond motifs is 2. The van der Waals surface area contributed by atoms with Crippen LogP contribution in [0, 0.1) is 0 Å². The van der Waals surface area contributed by atoms with Crippen LogP contribution in [-0.4, -0.2) is 42.9 Å². The van der Waals surface area contributed by atoms with E-state index in [9.17, 15) is 9.59 Å². The fourth-order valence-electron chi connectivity index (χ4n) is 3.86. The van der Waals surface area contributed by atoms with Crippen molar-refractivity contribution in [2.45, 2.75) is 38.6 Å². The lowest BCUT2D eigenvalue weighted by atomic mass is 10.1. The summed E-state index contributed by atoms with van der Waals surface area (Å²) in [4.78, 5) is 32.1. The van der Waals surface area contributed by atoms with Gasteiger partial charge in [-0.3, -0.25) is 14.9 Å². The van der Waals surface area contributed by atoms with Crippen LogP contribution < -0.4 is 15.0 Å². The second-order valence-electron chi connectivity index (χ2n) is 7.89. The Bertz CT molecular complexity index is 974. The van der Waals surface area contributed by atoms with Gasteiger partial charge in [0.2, 0.25) is 17.8 Å². The molecule has 7 heteroatoms. The lowest BCUT2D eigenvalue weighted by molar-refractivity contribution is -0.119. The van der Waals surface area contributed by atoms with Crippen LogP contribution >= 0.6 is 0 Å². The van der Waals surface area contributed by atoms with Crippen LogP contribution in [0.5, 0.6) is 5.75 Å². The van der Waals surface area contributed by atoms with E-state index in [1.807, 2.05) is 60.5 Å². The van der Waals surface area contributed by atoms with Crippen molar-refractivity contribution in [2.24, 2.45) is 4.99 Å². The molecule has 0 spiro atoms. The molecular formula is C24H28N4O3. The molecule has 2 aromatic carbocycles. The third-order valence-corrected chi connectivity index (χ3v) is 5.63. The molecule has 4 rings (SSSR count). The second-order valence-corrected chi connectivity index (χ2v) is 7.89. The molecular weight excluding hydrogens is 392 g/mol. The number of guanidine groups is 1. The molecule has 1 saturated heterocycles. The van der Waals surface area contributed by atoms with Gasteiger partial charge in [-0.25, -0.2) is 4.99 Å². The van der Waals surface area contributed by atoms with E-state index < -0.39 is 0 Å². The molecule has 0 radical (unpaired) electrons. The van der Waals surface area contributed by atoms with Crippen molar-refractivity contribution < 1.29 is 14.3 Å². The molecule has 0 bridgehead atoms. The smallest absolute Gasteiger partial charge is 0.246 e. The summed E-state index contributed by atoms with van der Waals surface area (Å²) in [6, 6.07) is 15.6. The maximum atomic E-state index is 12.3. The molecule has 31 heavy (non-hydrogen) atoms. The molecule has 0 atom stereocenters. The quantitative estimate of drug-likeness (QED) is 0.629. The zero-order valence-corrected chi connectivity index (χ0v) is 17.8. The molecule has 2 heterocycles. The topological polar surface area (TPSA) is 74.2 Å². The SMILES string of the molecule is CN(C(=O)CCCCCCOc1cccc2c1CN1CC(=O)NC1=N2)c1ccccc1. The summed E-state index contributed by atoms with van der Waals surface area (Å²) in [7, 11) is 1.83. The Morgan fingerprint density at radius 2 is 1.87 bits per heavy atom.